The highest BCUT2D eigenvalue weighted by Crippen LogP contribution is 2.39. The predicted octanol–water partition coefficient (Wildman–Crippen LogP) is 4.91. The predicted molar refractivity (Wildman–Crippen MR) is 131 cm³/mol. The molecule has 3 heterocycles. The first-order valence-electron chi connectivity index (χ1n) is 10.9. The number of benzene rings is 1. The monoisotopic (exact) mass is 465 g/mol. The Morgan fingerprint density at radius 3 is 2.70 bits per heavy atom. The van der Waals surface area contributed by atoms with E-state index in [1.807, 2.05) is 42.1 Å². The Morgan fingerprint density at radius 2 is 1.97 bits per heavy atom. The van der Waals surface area contributed by atoms with Crippen molar-refractivity contribution in [2.45, 2.75) is 46.6 Å². The highest BCUT2D eigenvalue weighted by molar-refractivity contribution is 6.33. The first-order valence-corrected chi connectivity index (χ1v) is 11.3. The van der Waals surface area contributed by atoms with Crippen LogP contribution in [-0.2, 0) is 22.6 Å². The van der Waals surface area contributed by atoms with Crippen LogP contribution in [0.3, 0.4) is 0 Å². The fourth-order valence-electron chi connectivity index (χ4n) is 4.16. The van der Waals surface area contributed by atoms with Gasteiger partial charge in [0, 0.05) is 49.2 Å². The highest BCUT2D eigenvalue weighted by Gasteiger charge is 2.32. The molecule has 1 N–H and O–H groups in total. The first kappa shape index (κ1) is 23.0. The summed E-state index contributed by atoms with van der Waals surface area (Å²) in [7, 11) is 1.71. The zero-order valence-electron chi connectivity index (χ0n) is 19.5. The lowest BCUT2D eigenvalue weighted by atomic mass is 9.89. The first-order chi connectivity index (χ1) is 15.6. The van der Waals surface area contributed by atoms with E-state index in [9.17, 15) is 9.59 Å². The van der Waals surface area contributed by atoms with Gasteiger partial charge >= 0.3 is 0 Å². The Bertz CT molecular complexity index is 1230. The van der Waals surface area contributed by atoms with Crippen LogP contribution in [0, 0.1) is 5.41 Å². The van der Waals surface area contributed by atoms with E-state index in [0.29, 0.717) is 10.8 Å². The van der Waals surface area contributed by atoms with E-state index in [4.69, 9.17) is 11.6 Å². The van der Waals surface area contributed by atoms with Crippen LogP contribution in [0.5, 0.6) is 0 Å². The van der Waals surface area contributed by atoms with Crippen LogP contribution in [0.25, 0.3) is 11.1 Å². The van der Waals surface area contributed by atoms with Crippen LogP contribution >= 0.6 is 11.6 Å². The van der Waals surface area contributed by atoms with Crippen LogP contribution in [0.1, 0.15) is 44.9 Å². The number of anilines is 2. The maximum Gasteiger partial charge on any atom is 0.232 e. The summed E-state index contributed by atoms with van der Waals surface area (Å²) in [5.74, 6) is -0.273. The summed E-state index contributed by atoms with van der Waals surface area (Å²) in [6.45, 7) is 8.63. The van der Waals surface area contributed by atoms with Crippen molar-refractivity contribution in [1.82, 2.24) is 14.8 Å². The largest absolute Gasteiger partial charge is 0.316 e. The minimum absolute atomic E-state index is 0.0720. The van der Waals surface area contributed by atoms with Gasteiger partial charge in [0.25, 0.3) is 0 Å². The zero-order valence-corrected chi connectivity index (χ0v) is 20.3. The summed E-state index contributed by atoms with van der Waals surface area (Å²) in [6, 6.07) is 9.21. The van der Waals surface area contributed by atoms with Crippen molar-refractivity contribution in [2.75, 3.05) is 17.3 Å². The van der Waals surface area contributed by atoms with Crippen LogP contribution < -0.4 is 10.2 Å². The van der Waals surface area contributed by atoms with Gasteiger partial charge in [-0.2, -0.15) is 5.10 Å². The number of hydrogen-bond donors (Lipinski definition) is 1. The van der Waals surface area contributed by atoms with Crippen molar-refractivity contribution in [1.29, 1.82) is 0 Å². The average Bonchev–Trinajstić information content (AvgIpc) is 3.28. The van der Waals surface area contributed by atoms with E-state index in [-0.39, 0.29) is 17.2 Å². The van der Waals surface area contributed by atoms with Gasteiger partial charge < -0.3 is 10.2 Å². The van der Waals surface area contributed by atoms with Gasteiger partial charge in [-0.25, -0.2) is 4.98 Å². The van der Waals surface area contributed by atoms with Gasteiger partial charge in [0.05, 0.1) is 17.1 Å². The Kier molecular flexibility index (Phi) is 6.01. The quantitative estimate of drug-likeness (QED) is 0.580. The molecule has 0 unspecified atom stereocenters. The van der Waals surface area contributed by atoms with Crippen LogP contribution in [0.4, 0.5) is 11.5 Å². The van der Waals surface area contributed by atoms with Crippen molar-refractivity contribution in [2.24, 2.45) is 5.41 Å². The second kappa shape index (κ2) is 8.63. The molecule has 172 valence electrons. The SMILES string of the molecule is CC(=O)N(C)c1cccc([C@@H](C)C(=O)Nc2cc(-c3cnn4c3CC(C)(C)C4)c(Cl)cn2)c1. The number of fused-ring (bicyclic) bond motifs is 1. The molecule has 0 fully saturated rings. The standard InChI is InChI=1S/C25H28ClN5O2/c1-15(17-7-6-8-18(9-17)30(5)16(2)32)24(33)29-23-10-19(21(26)13-27-23)20-12-28-31-14-25(3,4)11-22(20)31/h6-10,12-13,15H,11,14H2,1-5H3,(H,27,29,33)/t15-/m1/s1. The van der Waals surface area contributed by atoms with Crippen molar-refractivity contribution in [3.8, 4) is 11.1 Å². The summed E-state index contributed by atoms with van der Waals surface area (Å²) < 4.78 is 2.03. The second-order valence-corrected chi connectivity index (χ2v) is 9.84. The van der Waals surface area contributed by atoms with Gasteiger partial charge in [0.2, 0.25) is 11.8 Å². The third-order valence-electron chi connectivity index (χ3n) is 6.19. The summed E-state index contributed by atoms with van der Waals surface area (Å²) in [5, 5.41) is 7.95. The van der Waals surface area contributed by atoms with Crippen LogP contribution in [0.2, 0.25) is 5.02 Å². The van der Waals surface area contributed by atoms with E-state index in [1.165, 1.54) is 6.92 Å². The third-order valence-corrected chi connectivity index (χ3v) is 6.49. The van der Waals surface area contributed by atoms with Crippen molar-refractivity contribution in [3.63, 3.8) is 0 Å². The molecule has 1 aromatic carbocycles. The fourth-order valence-corrected chi connectivity index (χ4v) is 4.36. The van der Waals surface area contributed by atoms with Gasteiger partial charge in [-0.1, -0.05) is 37.6 Å². The molecule has 0 spiro atoms. The maximum absolute atomic E-state index is 13.0. The maximum atomic E-state index is 13.0. The van der Waals surface area contributed by atoms with E-state index in [2.05, 4.69) is 29.2 Å². The lowest BCUT2D eigenvalue weighted by molar-refractivity contribution is -0.117. The van der Waals surface area contributed by atoms with E-state index in [1.54, 1.807) is 24.2 Å². The number of hydrogen-bond acceptors (Lipinski definition) is 4. The lowest BCUT2D eigenvalue weighted by Crippen LogP contribution is -2.23. The molecule has 4 rings (SSSR count). The smallest absolute Gasteiger partial charge is 0.232 e. The molecule has 1 atom stereocenters. The number of amides is 2. The van der Waals surface area contributed by atoms with E-state index >= 15 is 0 Å². The van der Waals surface area contributed by atoms with Gasteiger partial charge in [-0.15, -0.1) is 0 Å². The molecule has 1 aliphatic rings. The summed E-state index contributed by atoms with van der Waals surface area (Å²) >= 11 is 6.48. The Morgan fingerprint density at radius 1 is 1.21 bits per heavy atom. The molecule has 7 nitrogen and oxygen atoms in total. The summed E-state index contributed by atoms with van der Waals surface area (Å²) in [4.78, 5) is 30.5. The Hall–Kier alpha value is -3.19. The number of aromatic nitrogens is 3. The number of nitrogens with zero attached hydrogens (tertiary/aromatic N) is 4. The molecule has 2 aromatic heterocycles. The molecular formula is C25H28ClN5O2. The van der Waals surface area contributed by atoms with E-state index in [0.717, 1.165) is 41.0 Å². The molecule has 0 saturated carbocycles. The van der Waals surface area contributed by atoms with Gasteiger partial charge in [0.15, 0.2) is 0 Å². The van der Waals surface area contributed by atoms with Crippen molar-refractivity contribution in [3.05, 3.63) is 59.0 Å². The highest BCUT2D eigenvalue weighted by atomic mass is 35.5. The van der Waals surface area contributed by atoms with E-state index < -0.39 is 5.92 Å². The fraction of sp³-hybridized carbons (Fsp3) is 0.360. The Labute approximate surface area is 198 Å². The van der Waals surface area contributed by atoms with Crippen molar-refractivity contribution < 1.29 is 9.59 Å². The van der Waals surface area contributed by atoms with Gasteiger partial charge in [-0.3, -0.25) is 14.3 Å². The van der Waals surface area contributed by atoms with Gasteiger partial charge in [-0.05, 0) is 42.5 Å². The molecule has 0 radical (unpaired) electrons. The molecule has 2 amide bonds. The van der Waals surface area contributed by atoms with Crippen LogP contribution in [0.15, 0.2) is 42.7 Å². The molecule has 33 heavy (non-hydrogen) atoms. The molecule has 3 aromatic rings. The molecule has 8 heteroatoms. The van der Waals surface area contributed by atoms with Gasteiger partial charge in [0.1, 0.15) is 5.82 Å². The normalized spacial score (nSPS) is 15.1. The number of pyridine rings is 1. The molecule has 0 bridgehead atoms. The second-order valence-electron chi connectivity index (χ2n) is 9.44. The van der Waals surface area contributed by atoms with Crippen LogP contribution in [-0.4, -0.2) is 33.6 Å². The van der Waals surface area contributed by atoms with Crippen molar-refractivity contribution >= 4 is 34.9 Å². The molecule has 0 aliphatic carbocycles. The number of carbonyl (C=O) groups excluding carboxylic acids is 2. The Balaban J connectivity index is 1.56. The average molecular weight is 466 g/mol. The third kappa shape index (κ3) is 4.64. The minimum Gasteiger partial charge on any atom is -0.316 e. The summed E-state index contributed by atoms with van der Waals surface area (Å²) in [5.41, 5.74) is 4.61. The minimum atomic E-state index is -0.438. The molecule has 0 saturated heterocycles. The zero-order chi connectivity index (χ0) is 23.9. The number of halogens is 1. The number of nitrogens with one attached hydrogen (secondary N) is 1. The lowest BCUT2D eigenvalue weighted by Gasteiger charge is -2.18. The molecule has 1 aliphatic heterocycles. The number of carbonyl (C=O) groups is 2. The topological polar surface area (TPSA) is 80.1 Å². The number of rotatable bonds is 5. The molecular weight excluding hydrogens is 438 g/mol. The summed E-state index contributed by atoms with van der Waals surface area (Å²) in [6.07, 6.45) is 4.30.